The summed E-state index contributed by atoms with van der Waals surface area (Å²) in [5, 5.41) is 3.78. The van der Waals surface area contributed by atoms with Gasteiger partial charge in [0.15, 0.2) is 1.41 Å². The molecule has 0 spiro atoms. The van der Waals surface area contributed by atoms with Crippen LogP contribution in [0.25, 0.3) is 21.5 Å². The van der Waals surface area contributed by atoms with Crippen molar-refractivity contribution in [1.82, 2.24) is 10.3 Å². The first kappa shape index (κ1) is 24.1. The first-order valence-electron chi connectivity index (χ1n) is 12.8. The lowest BCUT2D eigenvalue weighted by Crippen LogP contribution is -2.51. The lowest BCUT2D eigenvalue weighted by atomic mass is 10.0. The molecule has 194 valence electrons. The molecule has 8 heteroatoms. The van der Waals surface area contributed by atoms with Gasteiger partial charge in [0.25, 0.3) is 11.8 Å². The number of fused-ring (bicyclic) bond motifs is 2. The standard InChI is InChI=1S/C31H27N5O3/c1-19(29(33)37)36(25-14-13-20-7-5-6-10-23(20)17-25)31(39)27(22-8-3-2-4-9-22)35-30(38)24-12-11-21-15-16-34-28(32)26(21)18-24/h2-19,27H,1H3,(H2,32,34)(H2,33,37)(H,35,38)/t19-,27+/m0/s1/i/hD. The maximum atomic E-state index is 14.3. The van der Waals surface area contributed by atoms with E-state index < -0.39 is 29.8 Å². The number of hydrogen-bond donors (Lipinski definition) is 3. The van der Waals surface area contributed by atoms with Crippen molar-refractivity contribution in [2.24, 2.45) is 5.73 Å². The molecule has 3 amide bonds. The summed E-state index contributed by atoms with van der Waals surface area (Å²) < 4.78 is 8.91. The molecule has 0 saturated carbocycles. The minimum Gasteiger partial charge on any atom is -0.383 e. The fourth-order valence-electron chi connectivity index (χ4n) is 4.55. The molecule has 8 nitrogen and oxygen atoms in total. The third kappa shape index (κ3) is 5.13. The largest absolute Gasteiger partial charge is 0.383 e. The second kappa shape index (κ2) is 10.6. The Hall–Kier alpha value is -5.24. The van der Waals surface area contributed by atoms with Crippen molar-refractivity contribution in [2.75, 3.05) is 10.6 Å². The quantitative estimate of drug-likeness (QED) is 0.295. The Morgan fingerprint density at radius 2 is 1.56 bits per heavy atom. The predicted octanol–water partition coefficient (Wildman–Crippen LogP) is 4.35. The molecule has 0 aliphatic carbocycles. The van der Waals surface area contributed by atoms with Gasteiger partial charge in [-0.3, -0.25) is 19.3 Å². The molecule has 0 fully saturated rings. The van der Waals surface area contributed by atoms with E-state index in [0.717, 1.165) is 16.2 Å². The Kier molecular flexibility index (Phi) is 6.57. The van der Waals surface area contributed by atoms with Crippen LogP contribution in [0.5, 0.6) is 0 Å². The molecular formula is C31H27N5O3. The first-order chi connectivity index (χ1) is 19.3. The zero-order valence-corrected chi connectivity index (χ0v) is 21.2. The van der Waals surface area contributed by atoms with Gasteiger partial charge in [-0.15, -0.1) is 0 Å². The first-order valence-corrected chi connectivity index (χ1v) is 12.4. The van der Waals surface area contributed by atoms with Gasteiger partial charge in [0.05, 0.1) is 0 Å². The minimum atomic E-state index is -1.39. The summed E-state index contributed by atoms with van der Waals surface area (Å²) in [6.45, 7) is 1.52. The van der Waals surface area contributed by atoms with Crippen LogP contribution in [0.15, 0.2) is 103 Å². The van der Waals surface area contributed by atoms with E-state index in [1.54, 1.807) is 72.9 Å². The van der Waals surface area contributed by atoms with Crippen molar-refractivity contribution in [3.05, 3.63) is 114 Å². The van der Waals surface area contributed by atoms with E-state index in [4.69, 9.17) is 12.9 Å². The van der Waals surface area contributed by atoms with E-state index in [0.29, 0.717) is 21.9 Å². The van der Waals surface area contributed by atoms with Gasteiger partial charge in [0.2, 0.25) is 5.91 Å². The van der Waals surface area contributed by atoms with Crippen molar-refractivity contribution >= 4 is 50.8 Å². The van der Waals surface area contributed by atoms with Gasteiger partial charge in [-0.05, 0) is 59.0 Å². The number of benzene rings is 4. The van der Waals surface area contributed by atoms with Crippen molar-refractivity contribution in [2.45, 2.75) is 19.0 Å². The summed E-state index contributed by atoms with van der Waals surface area (Å²) in [6, 6.07) is 25.6. The second-order valence-corrected chi connectivity index (χ2v) is 9.20. The Labute approximate surface area is 226 Å². The molecule has 39 heavy (non-hydrogen) atoms. The van der Waals surface area contributed by atoms with Gasteiger partial charge < -0.3 is 16.8 Å². The van der Waals surface area contributed by atoms with Crippen LogP contribution in [0, 0.1) is 0 Å². The Bertz CT molecular complexity index is 1740. The molecular weight excluding hydrogens is 490 g/mol. The fourth-order valence-corrected chi connectivity index (χ4v) is 4.55. The maximum Gasteiger partial charge on any atom is 0.254 e. The third-order valence-electron chi connectivity index (χ3n) is 6.69. The zero-order valence-electron chi connectivity index (χ0n) is 22.2. The Morgan fingerprint density at radius 3 is 2.31 bits per heavy atom. The highest BCUT2D eigenvalue weighted by Gasteiger charge is 2.33. The number of carbonyl (C=O) groups excluding carboxylic acids is 3. The summed E-state index contributed by atoms with van der Waals surface area (Å²) >= 11 is 0. The molecule has 2 atom stereocenters. The molecule has 0 bridgehead atoms. The number of amides is 3. The van der Waals surface area contributed by atoms with Crippen molar-refractivity contribution in [3.63, 3.8) is 0 Å². The number of carbonyl (C=O) groups is 3. The van der Waals surface area contributed by atoms with Crippen LogP contribution in [0.2, 0.25) is 1.41 Å². The number of nitrogens with two attached hydrogens (primary N) is 2. The van der Waals surface area contributed by atoms with E-state index in [1.165, 1.54) is 11.8 Å². The summed E-state index contributed by atoms with van der Waals surface area (Å²) in [7, 11) is 0. The van der Waals surface area contributed by atoms with E-state index in [9.17, 15) is 14.4 Å². The fraction of sp³-hybridized carbons (Fsp3) is 0.0968. The van der Waals surface area contributed by atoms with Crippen molar-refractivity contribution < 1.29 is 15.8 Å². The molecule has 1 heterocycles. The highest BCUT2D eigenvalue weighted by atomic mass is 16.2. The van der Waals surface area contributed by atoms with Crippen LogP contribution in [-0.2, 0) is 9.59 Å². The maximum absolute atomic E-state index is 14.3. The lowest BCUT2D eigenvalue weighted by molar-refractivity contribution is -0.125. The van der Waals surface area contributed by atoms with Crippen LogP contribution in [0.1, 0.15) is 28.9 Å². The van der Waals surface area contributed by atoms with Crippen LogP contribution in [0.3, 0.4) is 0 Å². The molecule has 4 aromatic carbocycles. The van der Waals surface area contributed by atoms with E-state index >= 15 is 0 Å². The van der Waals surface area contributed by atoms with E-state index in [1.807, 2.05) is 30.3 Å². The Balaban J connectivity index is 1.60. The van der Waals surface area contributed by atoms with Crippen molar-refractivity contribution in [1.29, 1.82) is 0 Å². The second-order valence-electron chi connectivity index (χ2n) is 9.20. The average molecular weight is 519 g/mol. The number of nitrogens with one attached hydrogen (secondary N) is 1. The summed E-state index contributed by atoms with van der Waals surface area (Å²) in [5.41, 5.74) is 12.7. The number of nitrogen functional groups attached to an aromatic ring is 1. The number of primary amides is 1. The van der Waals surface area contributed by atoms with Gasteiger partial charge in [-0.1, -0.05) is 66.7 Å². The smallest absolute Gasteiger partial charge is 0.254 e. The zero-order chi connectivity index (χ0) is 28.4. The SMILES string of the molecule is [2H]N(C(=O)c1ccc2ccnc(N)c2c1)[C@@H](C(=O)N(c1ccc2ccccc2c1)[C@@H](C)C(N)=O)c1ccccc1. The molecule has 0 unspecified atom stereocenters. The average Bonchev–Trinajstić information content (AvgIpc) is 2.97. The molecule has 5 aromatic rings. The van der Waals surface area contributed by atoms with Crippen LogP contribution in [0.4, 0.5) is 11.5 Å². The van der Waals surface area contributed by atoms with Crippen LogP contribution in [-0.4, -0.2) is 28.7 Å². The Morgan fingerprint density at radius 1 is 0.872 bits per heavy atom. The van der Waals surface area contributed by atoms with Crippen LogP contribution >= 0.6 is 0 Å². The van der Waals surface area contributed by atoms with Gasteiger partial charge >= 0.3 is 0 Å². The predicted molar refractivity (Wildman–Crippen MR) is 153 cm³/mol. The monoisotopic (exact) mass is 518 g/mol. The molecule has 5 rings (SSSR count). The van der Waals surface area contributed by atoms with Crippen molar-refractivity contribution in [3.8, 4) is 0 Å². The number of anilines is 2. The van der Waals surface area contributed by atoms with E-state index in [-0.39, 0.29) is 11.4 Å². The summed E-state index contributed by atoms with van der Waals surface area (Å²) in [5.74, 6) is -1.86. The molecule has 1 aromatic heterocycles. The lowest BCUT2D eigenvalue weighted by Gasteiger charge is -2.32. The number of pyridine rings is 1. The highest BCUT2D eigenvalue weighted by molar-refractivity contribution is 6.08. The molecule has 0 radical (unpaired) electrons. The van der Waals surface area contributed by atoms with Gasteiger partial charge in [-0.25, -0.2) is 4.98 Å². The number of aromatic nitrogens is 1. The number of hydrogen-bond acceptors (Lipinski definition) is 5. The number of nitrogens with zero attached hydrogens (tertiary/aromatic N) is 2. The molecule has 0 aliphatic heterocycles. The van der Waals surface area contributed by atoms with Gasteiger partial charge in [-0.2, -0.15) is 0 Å². The topological polar surface area (TPSA) is 131 Å². The highest BCUT2D eigenvalue weighted by Crippen LogP contribution is 2.28. The van der Waals surface area contributed by atoms with Gasteiger partial charge in [0, 0.05) is 22.8 Å². The normalized spacial score (nSPS) is 12.9. The summed E-state index contributed by atoms with van der Waals surface area (Å²) in [6.07, 6.45) is 1.57. The third-order valence-corrected chi connectivity index (χ3v) is 6.69. The van der Waals surface area contributed by atoms with Gasteiger partial charge in [0.1, 0.15) is 17.9 Å². The van der Waals surface area contributed by atoms with E-state index in [2.05, 4.69) is 4.98 Å². The molecule has 0 saturated heterocycles. The molecule has 5 N–H and O–H groups in total. The minimum absolute atomic E-state index is 0.163. The number of rotatable bonds is 7. The molecule has 0 aliphatic rings. The van der Waals surface area contributed by atoms with Crippen LogP contribution < -0.4 is 21.7 Å². The summed E-state index contributed by atoms with van der Waals surface area (Å²) in [4.78, 5) is 45.8.